The minimum Gasteiger partial charge on any atom is -0.513 e. The number of allylic oxidation sites excluding steroid dienone is 3. The standard InChI is InChI=1S/C18H20N2O4S/c1-3-5-9-14(22)13(11-21)19-20-17-16(18(23)24-4-2)12-8-6-7-10-15(12)25-17/h3,5,9,11,21H,1,4,6-8,10H2,2H3/b9-5?,13-11-,20-19?. The number of azo groups is 1. The Morgan fingerprint density at radius 3 is 2.80 bits per heavy atom. The van der Waals surface area contributed by atoms with E-state index in [0.29, 0.717) is 16.8 Å². The number of ketones is 1. The zero-order valence-electron chi connectivity index (χ0n) is 14.0. The lowest BCUT2D eigenvalue weighted by atomic mass is 9.95. The first-order valence-electron chi connectivity index (χ1n) is 8.03. The van der Waals surface area contributed by atoms with Gasteiger partial charge in [0, 0.05) is 4.88 Å². The molecule has 0 bridgehead atoms. The topological polar surface area (TPSA) is 88.3 Å². The van der Waals surface area contributed by atoms with E-state index in [1.165, 1.54) is 29.6 Å². The van der Waals surface area contributed by atoms with E-state index in [4.69, 9.17) is 4.74 Å². The Morgan fingerprint density at radius 2 is 2.12 bits per heavy atom. The third-order valence-electron chi connectivity index (χ3n) is 3.64. The molecular weight excluding hydrogens is 340 g/mol. The van der Waals surface area contributed by atoms with Crippen molar-refractivity contribution < 1.29 is 19.4 Å². The van der Waals surface area contributed by atoms with Crippen LogP contribution in [0.25, 0.3) is 0 Å². The van der Waals surface area contributed by atoms with E-state index >= 15 is 0 Å². The molecule has 6 nitrogen and oxygen atoms in total. The first-order chi connectivity index (χ1) is 12.1. The van der Waals surface area contributed by atoms with Gasteiger partial charge in [-0.15, -0.1) is 21.6 Å². The minimum atomic E-state index is -0.509. The van der Waals surface area contributed by atoms with E-state index in [2.05, 4.69) is 16.8 Å². The molecule has 2 rings (SSSR count). The van der Waals surface area contributed by atoms with Gasteiger partial charge in [0.05, 0.1) is 6.61 Å². The van der Waals surface area contributed by atoms with Crippen LogP contribution in [-0.4, -0.2) is 23.5 Å². The molecule has 0 fully saturated rings. The first kappa shape index (κ1) is 18.8. The summed E-state index contributed by atoms with van der Waals surface area (Å²) in [6, 6.07) is 0. The van der Waals surface area contributed by atoms with Crippen LogP contribution in [0.1, 0.15) is 40.6 Å². The molecule has 1 aromatic rings. The Bertz CT molecular complexity index is 759. The van der Waals surface area contributed by atoms with Gasteiger partial charge in [-0.2, -0.15) is 0 Å². The second kappa shape index (κ2) is 9.08. The fourth-order valence-electron chi connectivity index (χ4n) is 2.51. The lowest BCUT2D eigenvalue weighted by Gasteiger charge is -2.11. The van der Waals surface area contributed by atoms with Crippen LogP contribution in [0.2, 0.25) is 0 Å². The van der Waals surface area contributed by atoms with Gasteiger partial charge < -0.3 is 9.84 Å². The summed E-state index contributed by atoms with van der Waals surface area (Å²) in [6.07, 6.45) is 8.48. The summed E-state index contributed by atoms with van der Waals surface area (Å²) in [4.78, 5) is 25.3. The Hall–Kier alpha value is -2.54. The van der Waals surface area contributed by atoms with Crippen LogP contribution in [0.4, 0.5) is 5.00 Å². The van der Waals surface area contributed by atoms with Gasteiger partial charge in [0.1, 0.15) is 11.8 Å². The first-order valence-corrected chi connectivity index (χ1v) is 8.85. The molecule has 1 heterocycles. The summed E-state index contributed by atoms with van der Waals surface area (Å²) in [7, 11) is 0. The average molecular weight is 360 g/mol. The van der Waals surface area contributed by atoms with Crippen molar-refractivity contribution in [3.05, 3.63) is 52.8 Å². The Morgan fingerprint density at radius 1 is 1.36 bits per heavy atom. The molecule has 0 saturated carbocycles. The number of carbonyl (C=O) groups is 2. The highest BCUT2D eigenvalue weighted by molar-refractivity contribution is 7.16. The lowest BCUT2D eigenvalue weighted by molar-refractivity contribution is -0.111. The van der Waals surface area contributed by atoms with Crippen LogP contribution in [0.15, 0.2) is 47.0 Å². The van der Waals surface area contributed by atoms with E-state index < -0.39 is 11.8 Å². The van der Waals surface area contributed by atoms with Crippen molar-refractivity contribution in [3.8, 4) is 0 Å². The number of fused-ring (bicyclic) bond motifs is 1. The summed E-state index contributed by atoms with van der Waals surface area (Å²) >= 11 is 1.38. The van der Waals surface area contributed by atoms with Gasteiger partial charge >= 0.3 is 5.97 Å². The molecule has 0 radical (unpaired) electrons. The average Bonchev–Trinajstić information content (AvgIpc) is 2.99. The molecule has 0 spiro atoms. The molecule has 0 amide bonds. The molecule has 25 heavy (non-hydrogen) atoms. The van der Waals surface area contributed by atoms with Crippen LogP contribution in [-0.2, 0) is 22.4 Å². The number of aliphatic hydroxyl groups is 1. The fourth-order valence-corrected chi connectivity index (χ4v) is 3.71. The zero-order chi connectivity index (χ0) is 18.2. The van der Waals surface area contributed by atoms with E-state index in [1.807, 2.05) is 0 Å². The van der Waals surface area contributed by atoms with Gasteiger partial charge in [-0.1, -0.05) is 18.7 Å². The van der Waals surface area contributed by atoms with Gasteiger partial charge in [0.25, 0.3) is 0 Å². The number of nitrogens with zero attached hydrogens (tertiary/aromatic N) is 2. The highest BCUT2D eigenvalue weighted by Crippen LogP contribution is 2.40. The molecule has 0 unspecified atom stereocenters. The second-order valence-electron chi connectivity index (χ2n) is 5.28. The Labute approximate surface area is 150 Å². The monoisotopic (exact) mass is 360 g/mol. The number of thiophene rings is 1. The second-order valence-corrected chi connectivity index (χ2v) is 6.37. The summed E-state index contributed by atoms with van der Waals surface area (Å²) in [5.41, 5.74) is 1.17. The molecule has 0 aliphatic heterocycles. The third-order valence-corrected chi connectivity index (χ3v) is 4.82. The van der Waals surface area contributed by atoms with Crippen molar-refractivity contribution in [2.75, 3.05) is 6.61 Å². The molecule has 7 heteroatoms. The molecule has 0 saturated heterocycles. The predicted molar refractivity (Wildman–Crippen MR) is 96.5 cm³/mol. The van der Waals surface area contributed by atoms with Crippen molar-refractivity contribution in [2.45, 2.75) is 32.6 Å². The number of rotatable bonds is 7. The number of hydrogen-bond acceptors (Lipinski definition) is 7. The molecule has 1 aromatic heterocycles. The van der Waals surface area contributed by atoms with E-state index in [1.54, 1.807) is 6.92 Å². The number of carbonyl (C=O) groups excluding carboxylic acids is 2. The van der Waals surface area contributed by atoms with Crippen molar-refractivity contribution in [3.63, 3.8) is 0 Å². The molecule has 1 aliphatic carbocycles. The highest BCUT2D eigenvalue weighted by Gasteiger charge is 2.26. The summed E-state index contributed by atoms with van der Waals surface area (Å²) in [5.74, 6) is -0.937. The Kier molecular flexibility index (Phi) is 6.82. The number of aryl methyl sites for hydroxylation is 1. The predicted octanol–water partition coefficient (Wildman–Crippen LogP) is 4.60. The molecule has 132 valence electrons. The lowest BCUT2D eigenvalue weighted by Crippen LogP contribution is -2.09. The SMILES string of the molecule is C=CC=CC(=O)/C(=C/O)N=Nc1sc2c(c1C(=O)OCC)CCCC2. The van der Waals surface area contributed by atoms with Crippen LogP contribution < -0.4 is 0 Å². The van der Waals surface area contributed by atoms with Gasteiger partial charge in [0.15, 0.2) is 10.7 Å². The maximum Gasteiger partial charge on any atom is 0.341 e. The largest absolute Gasteiger partial charge is 0.513 e. The number of esters is 1. The molecule has 1 aliphatic rings. The quantitative estimate of drug-likeness (QED) is 0.253. The molecular formula is C18H20N2O4S. The van der Waals surface area contributed by atoms with Gasteiger partial charge in [-0.25, -0.2) is 4.79 Å². The van der Waals surface area contributed by atoms with E-state index in [0.717, 1.165) is 36.1 Å². The van der Waals surface area contributed by atoms with Crippen molar-refractivity contribution in [1.29, 1.82) is 0 Å². The molecule has 0 atom stereocenters. The molecule has 0 aromatic carbocycles. The van der Waals surface area contributed by atoms with Gasteiger partial charge in [0.2, 0.25) is 5.78 Å². The van der Waals surface area contributed by atoms with Crippen molar-refractivity contribution in [1.82, 2.24) is 0 Å². The smallest absolute Gasteiger partial charge is 0.341 e. The maximum absolute atomic E-state index is 12.3. The third kappa shape index (κ3) is 4.51. The van der Waals surface area contributed by atoms with Gasteiger partial charge in [-0.05, 0) is 44.2 Å². The summed E-state index contributed by atoms with van der Waals surface area (Å²) in [6.45, 7) is 5.49. The Balaban J connectivity index is 2.36. The fraction of sp³-hybridized carbons (Fsp3) is 0.333. The van der Waals surface area contributed by atoms with E-state index in [9.17, 15) is 14.7 Å². The molecule has 1 N–H and O–H groups in total. The maximum atomic E-state index is 12.3. The highest BCUT2D eigenvalue weighted by atomic mass is 32.1. The van der Waals surface area contributed by atoms with Crippen molar-refractivity contribution in [2.24, 2.45) is 10.2 Å². The summed E-state index contributed by atoms with van der Waals surface area (Å²) < 4.78 is 5.14. The van der Waals surface area contributed by atoms with Crippen LogP contribution in [0.3, 0.4) is 0 Å². The van der Waals surface area contributed by atoms with Crippen LogP contribution >= 0.6 is 11.3 Å². The van der Waals surface area contributed by atoms with Gasteiger partial charge in [-0.3, -0.25) is 4.79 Å². The number of aliphatic hydroxyl groups excluding tert-OH is 1. The van der Waals surface area contributed by atoms with Crippen LogP contribution in [0, 0.1) is 0 Å². The van der Waals surface area contributed by atoms with Crippen molar-refractivity contribution >= 4 is 28.1 Å². The van der Waals surface area contributed by atoms with Crippen LogP contribution in [0.5, 0.6) is 0 Å². The zero-order valence-corrected chi connectivity index (χ0v) is 14.8. The minimum absolute atomic E-state index is 0.223. The summed E-state index contributed by atoms with van der Waals surface area (Å²) in [5, 5.41) is 17.5. The number of hydrogen-bond donors (Lipinski definition) is 1. The van der Waals surface area contributed by atoms with E-state index in [-0.39, 0.29) is 12.3 Å². The number of ether oxygens (including phenoxy) is 1. The normalized spacial score (nSPS) is 14.7.